The summed E-state index contributed by atoms with van der Waals surface area (Å²) in [6.45, 7) is 8.07. The first-order chi connectivity index (χ1) is 8.74. The summed E-state index contributed by atoms with van der Waals surface area (Å²) in [5.74, 6) is 0.816. The highest BCUT2D eigenvalue weighted by Gasteiger charge is 2.20. The van der Waals surface area contributed by atoms with Crippen LogP contribution in [0.5, 0.6) is 0 Å². The van der Waals surface area contributed by atoms with E-state index in [4.69, 9.17) is 0 Å². The molecule has 1 nitrogen and oxygen atoms in total. The van der Waals surface area contributed by atoms with Crippen molar-refractivity contribution in [1.82, 2.24) is 5.32 Å². The lowest BCUT2D eigenvalue weighted by Gasteiger charge is -2.20. The molecule has 102 valence electrons. The van der Waals surface area contributed by atoms with Gasteiger partial charge in [-0.2, -0.15) is 0 Å². The monoisotopic (exact) mass is 265 g/mol. The van der Waals surface area contributed by atoms with Crippen LogP contribution in [0.1, 0.15) is 67.8 Å². The Balaban J connectivity index is 2.06. The molecule has 0 radical (unpaired) electrons. The molecule has 1 N–H and O–H groups in total. The fraction of sp³-hybridized carbons (Fsp3) is 0.750. The minimum atomic E-state index is 0.593. The molecular formula is C16H27NS. The van der Waals surface area contributed by atoms with Crippen LogP contribution in [0.2, 0.25) is 0 Å². The molecule has 1 aromatic heterocycles. The molecule has 2 atom stereocenters. The third-order valence-electron chi connectivity index (χ3n) is 4.08. The van der Waals surface area contributed by atoms with Crippen molar-refractivity contribution in [2.24, 2.45) is 5.92 Å². The van der Waals surface area contributed by atoms with Gasteiger partial charge in [-0.25, -0.2) is 0 Å². The van der Waals surface area contributed by atoms with Crippen molar-refractivity contribution in [3.63, 3.8) is 0 Å². The standard InChI is InChI=1S/C16H27NS/c1-4-9-17-14(10-12(3)5-2)16-11-13-7-6-8-15(13)18-16/h11-12,14,17H,4-10H2,1-3H3. The lowest BCUT2D eigenvalue weighted by atomic mass is 9.98. The van der Waals surface area contributed by atoms with E-state index in [0.29, 0.717) is 6.04 Å². The quantitative estimate of drug-likeness (QED) is 0.752. The van der Waals surface area contributed by atoms with Gasteiger partial charge >= 0.3 is 0 Å². The van der Waals surface area contributed by atoms with Gasteiger partial charge in [0.1, 0.15) is 0 Å². The Morgan fingerprint density at radius 1 is 1.33 bits per heavy atom. The Morgan fingerprint density at radius 3 is 2.83 bits per heavy atom. The maximum Gasteiger partial charge on any atom is 0.0417 e. The number of nitrogens with one attached hydrogen (secondary N) is 1. The zero-order valence-corrected chi connectivity index (χ0v) is 12.9. The average Bonchev–Trinajstić information content (AvgIpc) is 2.94. The van der Waals surface area contributed by atoms with Crippen molar-refractivity contribution in [1.29, 1.82) is 0 Å². The number of thiophene rings is 1. The third-order valence-corrected chi connectivity index (χ3v) is 5.44. The first kappa shape index (κ1) is 14.1. The molecule has 2 rings (SSSR count). The van der Waals surface area contributed by atoms with Crippen molar-refractivity contribution in [2.45, 2.75) is 65.3 Å². The number of hydrogen-bond acceptors (Lipinski definition) is 2. The van der Waals surface area contributed by atoms with Crippen LogP contribution in [0.25, 0.3) is 0 Å². The first-order valence-corrected chi connectivity index (χ1v) is 8.41. The Labute approximate surface area is 116 Å². The molecule has 1 aromatic rings. The highest BCUT2D eigenvalue weighted by molar-refractivity contribution is 7.12. The molecule has 0 aliphatic heterocycles. The molecule has 0 saturated carbocycles. The van der Waals surface area contributed by atoms with E-state index < -0.39 is 0 Å². The number of rotatable bonds is 7. The van der Waals surface area contributed by atoms with Crippen LogP contribution in [-0.2, 0) is 12.8 Å². The molecular weight excluding hydrogens is 238 g/mol. The molecule has 1 aliphatic rings. The van der Waals surface area contributed by atoms with Crippen LogP contribution in [-0.4, -0.2) is 6.54 Å². The van der Waals surface area contributed by atoms with E-state index in [1.165, 1.54) is 38.5 Å². The number of aryl methyl sites for hydroxylation is 2. The van der Waals surface area contributed by atoms with E-state index in [1.54, 1.807) is 15.3 Å². The van der Waals surface area contributed by atoms with Gasteiger partial charge in [0.25, 0.3) is 0 Å². The van der Waals surface area contributed by atoms with E-state index in [1.807, 2.05) is 0 Å². The van der Waals surface area contributed by atoms with Crippen LogP contribution < -0.4 is 5.32 Å². The van der Waals surface area contributed by atoms with Crippen LogP contribution in [0.15, 0.2) is 6.07 Å². The molecule has 18 heavy (non-hydrogen) atoms. The van der Waals surface area contributed by atoms with E-state index in [-0.39, 0.29) is 0 Å². The summed E-state index contributed by atoms with van der Waals surface area (Å²) in [5.41, 5.74) is 1.64. The Morgan fingerprint density at radius 2 is 2.17 bits per heavy atom. The largest absolute Gasteiger partial charge is 0.309 e. The van der Waals surface area contributed by atoms with Crippen molar-refractivity contribution >= 4 is 11.3 Å². The Kier molecular flexibility index (Phi) is 5.25. The van der Waals surface area contributed by atoms with Crippen LogP contribution in [0.3, 0.4) is 0 Å². The van der Waals surface area contributed by atoms with Gasteiger partial charge < -0.3 is 5.32 Å². The highest BCUT2D eigenvalue weighted by Crippen LogP contribution is 2.36. The molecule has 1 aliphatic carbocycles. The van der Waals surface area contributed by atoms with Gasteiger partial charge in [0, 0.05) is 15.8 Å². The van der Waals surface area contributed by atoms with Gasteiger partial charge in [0.15, 0.2) is 0 Å². The topological polar surface area (TPSA) is 12.0 Å². The normalized spacial score (nSPS) is 17.7. The summed E-state index contributed by atoms with van der Waals surface area (Å²) in [6.07, 6.45) is 7.81. The summed E-state index contributed by atoms with van der Waals surface area (Å²) in [7, 11) is 0. The summed E-state index contributed by atoms with van der Waals surface area (Å²) >= 11 is 2.07. The maximum absolute atomic E-state index is 3.75. The minimum Gasteiger partial charge on any atom is -0.309 e. The van der Waals surface area contributed by atoms with Gasteiger partial charge in [-0.05, 0) is 56.2 Å². The van der Waals surface area contributed by atoms with Gasteiger partial charge in [0.2, 0.25) is 0 Å². The molecule has 2 heteroatoms. The summed E-state index contributed by atoms with van der Waals surface area (Å²) in [5, 5.41) is 3.75. The zero-order chi connectivity index (χ0) is 13.0. The van der Waals surface area contributed by atoms with Crippen molar-refractivity contribution in [3.05, 3.63) is 21.4 Å². The lowest BCUT2D eigenvalue weighted by molar-refractivity contribution is 0.406. The van der Waals surface area contributed by atoms with Gasteiger partial charge in [-0.3, -0.25) is 0 Å². The third kappa shape index (κ3) is 3.36. The SMILES string of the molecule is CCCNC(CC(C)CC)c1cc2c(s1)CCC2. The zero-order valence-electron chi connectivity index (χ0n) is 12.1. The van der Waals surface area contributed by atoms with E-state index in [0.717, 1.165) is 12.5 Å². The summed E-state index contributed by atoms with van der Waals surface area (Å²) < 4.78 is 0. The molecule has 0 saturated heterocycles. The predicted molar refractivity (Wildman–Crippen MR) is 81.5 cm³/mol. The van der Waals surface area contributed by atoms with Crippen molar-refractivity contribution in [2.75, 3.05) is 6.54 Å². The summed E-state index contributed by atoms with van der Waals surface area (Å²) in [6, 6.07) is 3.08. The molecule has 1 heterocycles. The van der Waals surface area contributed by atoms with Crippen LogP contribution in [0, 0.1) is 5.92 Å². The van der Waals surface area contributed by atoms with Crippen molar-refractivity contribution in [3.8, 4) is 0 Å². The predicted octanol–water partition coefficient (Wildman–Crippen LogP) is 4.71. The Hall–Kier alpha value is -0.340. The Bertz CT molecular complexity index is 348. The number of fused-ring (bicyclic) bond motifs is 1. The molecule has 0 fully saturated rings. The fourth-order valence-electron chi connectivity index (χ4n) is 2.71. The van der Waals surface area contributed by atoms with Crippen molar-refractivity contribution < 1.29 is 0 Å². The lowest BCUT2D eigenvalue weighted by Crippen LogP contribution is -2.23. The molecule has 0 bridgehead atoms. The molecule has 0 aromatic carbocycles. The van der Waals surface area contributed by atoms with Crippen LogP contribution >= 0.6 is 11.3 Å². The maximum atomic E-state index is 3.75. The fourth-order valence-corrected chi connectivity index (χ4v) is 4.06. The average molecular weight is 265 g/mol. The molecule has 2 unspecified atom stereocenters. The second-order valence-corrected chi connectivity index (χ2v) is 6.87. The molecule has 0 spiro atoms. The van der Waals surface area contributed by atoms with E-state index in [2.05, 4.69) is 43.5 Å². The highest BCUT2D eigenvalue weighted by atomic mass is 32.1. The number of hydrogen-bond donors (Lipinski definition) is 1. The molecule has 0 amide bonds. The van der Waals surface area contributed by atoms with E-state index in [9.17, 15) is 0 Å². The van der Waals surface area contributed by atoms with Gasteiger partial charge in [-0.15, -0.1) is 11.3 Å². The first-order valence-electron chi connectivity index (χ1n) is 7.59. The van der Waals surface area contributed by atoms with Gasteiger partial charge in [0.05, 0.1) is 0 Å². The summed E-state index contributed by atoms with van der Waals surface area (Å²) in [4.78, 5) is 3.26. The second kappa shape index (κ2) is 6.72. The van der Waals surface area contributed by atoms with E-state index >= 15 is 0 Å². The second-order valence-electron chi connectivity index (χ2n) is 5.71. The minimum absolute atomic E-state index is 0.593. The van der Waals surface area contributed by atoms with Gasteiger partial charge in [-0.1, -0.05) is 27.2 Å². The van der Waals surface area contributed by atoms with Crippen LogP contribution in [0.4, 0.5) is 0 Å². The smallest absolute Gasteiger partial charge is 0.0417 e.